The molecule has 26 heavy (non-hydrogen) atoms. The third kappa shape index (κ3) is 4.48. The third-order valence-electron chi connectivity index (χ3n) is 4.77. The van der Waals surface area contributed by atoms with Gasteiger partial charge >= 0.3 is 0 Å². The molecule has 1 amide bonds. The van der Waals surface area contributed by atoms with Crippen LogP contribution >= 0.6 is 11.6 Å². The molecule has 6 heteroatoms. The van der Waals surface area contributed by atoms with Gasteiger partial charge in [0.1, 0.15) is 5.75 Å². The smallest absolute Gasteiger partial charge is 0.241 e. The van der Waals surface area contributed by atoms with Crippen molar-refractivity contribution in [3.63, 3.8) is 0 Å². The van der Waals surface area contributed by atoms with Crippen molar-refractivity contribution in [2.45, 2.75) is 13.0 Å². The Kier molecular flexibility index (Phi) is 6.01. The minimum absolute atomic E-state index is 0.00911. The van der Waals surface area contributed by atoms with E-state index < -0.39 is 0 Å². The molecule has 0 radical (unpaired) electrons. The minimum Gasteiger partial charge on any atom is -0.497 e. The number of carbonyl (C=O) groups is 1. The number of carbonyl (C=O) groups excluding carboxylic acids is 1. The van der Waals surface area contributed by atoms with Crippen molar-refractivity contribution in [2.75, 3.05) is 43.5 Å². The molecule has 0 bridgehead atoms. The predicted octanol–water partition coefficient (Wildman–Crippen LogP) is 3.50. The molecule has 1 atom stereocenters. The van der Waals surface area contributed by atoms with E-state index in [4.69, 9.17) is 16.3 Å². The summed E-state index contributed by atoms with van der Waals surface area (Å²) in [5, 5.41) is 3.56. The van der Waals surface area contributed by atoms with Crippen molar-refractivity contribution in [3.05, 3.63) is 53.6 Å². The lowest BCUT2D eigenvalue weighted by Crippen LogP contribution is -2.52. The average molecular weight is 374 g/mol. The number of halogens is 1. The van der Waals surface area contributed by atoms with Crippen molar-refractivity contribution in [1.82, 2.24) is 4.90 Å². The molecule has 1 unspecified atom stereocenters. The zero-order valence-electron chi connectivity index (χ0n) is 15.1. The summed E-state index contributed by atoms with van der Waals surface area (Å²) in [5.74, 6) is 0.851. The number of ether oxygens (including phenoxy) is 1. The SMILES string of the molecule is COc1ccc(N2CCN(C(C)C(=O)Nc3cccc(Cl)c3)CC2)cc1. The highest BCUT2D eigenvalue weighted by atomic mass is 35.5. The maximum Gasteiger partial charge on any atom is 0.241 e. The van der Waals surface area contributed by atoms with Gasteiger partial charge in [-0.3, -0.25) is 9.69 Å². The standard InChI is InChI=1S/C20H24ClN3O2/c1-15(20(25)22-17-5-3-4-16(21)14-17)23-10-12-24(13-11-23)18-6-8-19(26-2)9-7-18/h3-9,14-15H,10-13H2,1-2H3,(H,22,25). The molecule has 1 heterocycles. The fourth-order valence-corrected chi connectivity index (χ4v) is 3.33. The number of methoxy groups -OCH3 is 1. The molecule has 138 valence electrons. The molecule has 5 nitrogen and oxygen atoms in total. The van der Waals surface area contributed by atoms with Crippen LogP contribution in [-0.4, -0.2) is 50.1 Å². The van der Waals surface area contributed by atoms with Crippen LogP contribution in [0.2, 0.25) is 5.02 Å². The number of rotatable bonds is 5. The van der Waals surface area contributed by atoms with Gasteiger partial charge in [0.05, 0.1) is 13.2 Å². The van der Waals surface area contributed by atoms with Crippen LogP contribution in [0.4, 0.5) is 11.4 Å². The lowest BCUT2D eigenvalue weighted by molar-refractivity contribution is -0.120. The first-order valence-corrected chi connectivity index (χ1v) is 9.14. The van der Waals surface area contributed by atoms with Gasteiger partial charge in [-0.2, -0.15) is 0 Å². The van der Waals surface area contributed by atoms with E-state index >= 15 is 0 Å². The van der Waals surface area contributed by atoms with Crippen LogP contribution in [0.3, 0.4) is 0 Å². The van der Waals surface area contributed by atoms with Crippen LogP contribution < -0.4 is 15.0 Å². The zero-order valence-corrected chi connectivity index (χ0v) is 15.9. The first-order valence-electron chi connectivity index (χ1n) is 8.76. The Balaban J connectivity index is 1.54. The van der Waals surface area contributed by atoms with Gasteiger partial charge in [0.15, 0.2) is 0 Å². The Bertz CT molecular complexity index is 743. The number of benzene rings is 2. The Labute approximate surface area is 159 Å². The van der Waals surface area contributed by atoms with Crippen LogP contribution in [0, 0.1) is 0 Å². The van der Waals surface area contributed by atoms with E-state index in [1.54, 1.807) is 19.2 Å². The number of hydrogen-bond acceptors (Lipinski definition) is 4. The van der Waals surface area contributed by atoms with Gasteiger partial charge in [0, 0.05) is 42.6 Å². The van der Waals surface area contributed by atoms with E-state index in [1.165, 1.54) is 5.69 Å². The van der Waals surface area contributed by atoms with Gasteiger partial charge in [0.2, 0.25) is 5.91 Å². The third-order valence-corrected chi connectivity index (χ3v) is 5.01. The number of piperazine rings is 1. The predicted molar refractivity (Wildman–Crippen MR) is 106 cm³/mol. The molecule has 1 saturated heterocycles. The average Bonchev–Trinajstić information content (AvgIpc) is 2.67. The summed E-state index contributed by atoms with van der Waals surface area (Å²) in [4.78, 5) is 17.1. The minimum atomic E-state index is -0.188. The summed E-state index contributed by atoms with van der Waals surface area (Å²) < 4.78 is 5.21. The van der Waals surface area contributed by atoms with Crippen molar-refractivity contribution in [1.29, 1.82) is 0 Å². The van der Waals surface area contributed by atoms with Crippen molar-refractivity contribution >= 4 is 28.9 Å². The lowest BCUT2D eigenvalue weighted by atomic mass is 10.2. The molecule has 0 aliphatic carbocycles. The molecule has 3 rings (SSSR count). The number of hydrogen-bond donors (Lipinski definition) is 1. The van der Waals surface area contributed by atoms with E-state index in [0.29, 0.717) is 5.02 Å². The van der Waals surface area contributed by atoms with Gasteiger partial charge in [0.25, 0.3) is 0 Å². The van der Waals surface area contributed by atoms with Gasteiger partial charge in [-0.25, -0.2) is 0 Å². The summed E-state index contributed by atoms with van der Waals surface area (Å²) in [6.45, 7) is 5.41. The lowest BCUT2D eigenvalue weighted by Gasteiger charge is -2.38. The second-order valence-electron chi connectivity index (χ2n) is 6.40. The summed E-state index contributed by atoms with van der Waals surface area (Å²) in [7, 11) is 1.67. The van der Waals surface area contributed by atoms with Crippen LogP contribution in [0.1, 0.15) is 6.92 Å². The second-order valence-corrected chi connectivity index (χ2v) is 6.83. The first kappa shape index (κ1) is 18.5. The number of amides is 1. The molecule has 2 aromatic carbocycles. The molecule has 1 N–H and O–H groups in total. The fraction of sp³-hybridized carbons (Fsp3) is 0.350. The van der Waals surface area contributed by atoms with E-state index in [2.05, 4.69) is 27.2 Å². The molecule has 0 saturated carbocycles. The normalized spacial score (nSPS) is 16.2. The van der Waals surface area contributed by atoms with Crippen molar-refractivity contribution in [2.24, 2.45) is 0 Å². The maximum atomic E-state index is 12.5. The topological polar surface area (TPSA) is 44.8 Å². The maximum absolute atomic E-state index is 12.5. The quantitative estimate of drug-likeness (QED) is 0.871. The van der Waals surface area contributed by atoms with E-state index in [9.17, 15) is 4.79 Å². The summed E-state index contributed by atoms with van der Waals surface area (Å²) in [6, 6.07) is 15.1. The van der Waals surface area contributed by atoms with Crippen LogP contribution in [0.25, 0.3) is 0 Å². The Morgan fingerprint density at radius 2 is 1.81 bits per heavy atom. The van der Waals surface area contributed by atoms with Gasteiger partial charge in [-0.05, 0) is 49.4 Å². The van der Waals surface area contributed by atoms with Crippen molar-refractivity contribution < 1.29 is 9.53 Å². The molecule has 0 spiro atoms. The van der Waals surface area contributed by atoms with E-state index in [-0.39, 0.29) is 11.9 Å². The summed E-state index contributed by atoms with van der Waals surface area (Å²) >= 11 is 5.97. The number of nitrogens with zero attached hydrogens (tertiary/aromatic N) is 2. The highest BCUT2D eigenvalue weighted by Crippen LogP contribution is 2.21. The Morgan fingerprint density at radius 1 is 1.12 bits per heavy atom. The first-order chi connectivity index (χ1) is 12.6. The molecule has 1 fully saturated rings. The Morgan fingerprint density at radius 3 is 2.42 bits per heavy atom. The number of nitrogens with one attached hydrogen (secondary N) is 1. The summed E-state index contributed by atoms with van der Waals surface area (Å²) in [5.41, 5.74) is 1.91. The molecular formula is C20H24ClN3O2. The zero-order chi connectivity index (χ0) is 18.5. The molecule has 1 aliphatic rings. The van der Waals surface area contributed by atoms with Gasteiger partial charge in [-0.15, -0.1) is 0 Å². The largest absolute Gasteiger partial charge is 0.497 e. The monoisotopic (exact) mass is 373 g/mol. The van der Waals surface area contributed by atoms with Crippen molar-refractivity contribution in [3.8, 4) is 5.75 Å². The molecule has 2 aromatic rings. The van der Waals surface area contributed by atoms with Gasteiger partial charge in [-0.1, -0.05) is 17.7 Å². The van der Waals surface area contributed by atoms with Crippen LogP contribution in [0.15, 0.2) is 48.5 Å². The molecule has 0 aromatic heterocycles. The van der Waals surface area contributed by atoms with Gasteiger partial charge < -0.3 is 15.0 Å². The number of anilines is 2. The highest BCUT2D eigenvalue weighted by molar-refractivity contribution is 6.30. The molecular weight excluding hydrogens is 350 g/mol. The highest BCUT2D eigenvalue weighted by Gasteiger charge is 2.25. The van der Waals surface area contributed by atoms with Crippen LogP contribution in [-0.2, 0) is 4.79 Å². The fourth-order valence-electron chi connectivity index (χ4n) is 3.14. The summed E-state index contributed by atoms with van der Waals surface area (Å²) in [6.07, 6.45) is 0. The molecule has 1 aliphatic heterocycles. The second kappa shape index (κ2) is 8.43. The van der Waals surface area contributed by atoms with E-state index in [0.717, 1.165) is 37.6 Å². The van der Waals surface area contributed by atoms with E-state index in [1.807, 2.05) is 31.2 Å². The van der Waals surface area contributed by atoms with Crippen LogP contribution in [0.5, 0.6) is 5.75 Å². The Hall–Kier alpha value is -2.24.